The first-order valence-corrected chi connectivity index (χ1v) is 13.4. The number of thiophene rings is 2. The van der Waals surface area contributed by atoms with Gasteiger partial charge in [0.2, 0.25) is 11.8 Å². The van der Waals surface area contributed by atoms with Gasteiger partial charge in [-0.15, -0.1) is 22.7 Å². The van der Waals surface area contributed by atoms with E-state index in [0.29, 0.717) is 17.8 Å². The third-order valence-corrected chi connectivity index (χ3v) is 7.82. The van der Waals surface area contributed by atoms with Gasteiger partial charge in [0.25, 0.3) is 5.91 Å². The second-order valence-corrected chi connectivity index (χ2v) is 10.3. The van der Waals surface area contributed by atoms with Crippen LogP contribution in [0.2, 0.25) is 0 Å². The van der Waals surface area contributed by atoms with Crippen LogP contribution in [0.4, 0.5) is 0 Å². The SMILES string of the molecule is O=C(NCC(=O)N(CCc1ccccc1)[C@@H](C(=O)NC1CCCC1)c1cccs1)c1cccs1. The number of hydrogen-bond acceptors (Lipinski definition) is 5. The summed E-state index contributed by atoms with van der Waals surface area (Å²) in [6, 6.07) is 16.7. The Kier molecular flexibility index (Phi) is 8.49. The van der Waals surface area contributed by atoms with Crippen LogP contribution >= 0.6 is 22.7 Å². The van der Waals surface area contributed by atoms with Crippen molar-refractivity contribution in [3.05, 3.63) is 80.7 Å². The first-order valence-electron chi connectivity index (χ1n) is 11.6. The van der Waals surface area contributed by atoms with Gasteiger partial charge in [-0.1, -0.05) is 55.3 Å². The maximum atomic E-state index is 13.5. The van der Waals surface area contributed by atoms with Gasteiger partial charge in [-0.2, -0.15) is 0 Å². The highest BCUT2D eigenvalue weighted by atomic mass is 32.1. The standard InChI is InChI=1S/C26H29N3O3S2/c30-23(18-27-25(31)22-13-7-17-34-22)29(15-14-19-8-2-1-3-9-19)24(21-12-6-16-33-21)26(32)28-20-10-4-5-11-20/h1-3,6-9,12-13,16-17,20,24H,4-5,10-11,14-15,18H2,(H,27,31)(H,28,32)/t24-/m1/s1. The molecule has 0 bridgehead atoms. The van der Waals surface area contributed by atoms with Crippen LogP contribution in [-0.2, 0) is 16.0 Å². The summed E-state index contributed by atoms with van der Waals surface area (Å²) in [6.45, 7) is 0.211. The van der Waals surface area contributed by atoms with Gasteiger partial charge >= 0.3 is 0 Å². The van der Waals surface area contributed by atoms with Gasteiger partial charge in [0.05, 0.1) is 11.4 Å². The topological polar surface area (TPSA) is 78.5 Å². The van der Waals surface area contributed by atoms with E-state index >= 15 is 0 Å². The van der Waals surface area contributed by atoms with Crippen molar-refractivity contribution in [2.45, 2.75) is 44.2 Å². The third-order valence-electron chi connectivity index (χ3n) is 6.02. The molecule has 34 heavy (non-hydrogen) atoms. The average molecular weight is 496 g/mol. The van der Waals surface area contributed by atoms with Crippen LogP contribution in [0.15, 0.2) is 65.4 Å². The Balaban J connectivity index is 1.54. The first-order chi connectivity index (χ1) is 16.6. The van der Waals surface area contributed by atoms with Gasteiger partial charge < -0.3 is 15.5 Å². The molecule has 1 fully saturated rings. The summed E-state index contributed by atoms with van der Waals surface area (Å²) >= 11 is 2.79. The van der Waals surface area contributed by atoms with E-state index in [2.05, 4.69) is 10.6 Å². The minimum absolute atomic E-state index is 0.152. The zero-order chi connectivity index (χ0) is 23.8. The van der Waals surface area contributed by atoms with Crippen LogP contribution in [0.3, 0.4) is 0 Å². The molecule has 0 saturated heterocycles. The van der Waals surface area contributed by atoms with Gasteiger partial charge in [0.1, 0.15) is 6.04 Å². The number of amides is 3. The zero-order valence-corrected chi connectivity index (χ0v) is 20.6. The van der Waals surface area contributed by atoms with Crippen molar-refractivity contribution in [1.82, 2.24) is 15.5 Å². The molecule has 8 heteroatoms. The number of nitrogens with one attached hydrogen (secondary N) is 2. The molecule has 2 aromatic heterocycles. The van der Waals surface area contributed by atoms with Crippen molar-refractivity contribution in [2.75, 3.05) is 13.1 Å². The molecule has 1 saturated carbocycles. The van der Waals surface area contributed by atoms with Crippen molar-refractivity contribution in [2.24, 2.45) is 0 Å². The second-order valence-electron chi connectivity index (χ2n) is 8.39. The lowest BCUT2D eigenvalue weighted by Gasteiger charge is -2.31. The van der Waals surface area contributed by atoms with Gasteiger partial charge in [0.15, 0.2) is 0 Å². The molecular weight excluding hydrogens is 466 g/mol. The van der Waals surface area contributed by atoms with Crippen LogP contribution in [0.5, 0.6) is 0 Å². The molecule has 178 valence electrons. The number of rotatable bonds is 10. The normalized spacial score (nSPS) is 14.5. The maximum Gasteiger partial charge on any atom is 0.261 e. The summed E-state index contributed by atoms with van der Waals surface area (Å²) in [5.74, 6) is -0.712. The monoisotopic (exact) mass is 495 g/mol. The van der Waals surface area contributed by atoms with E-state index in [9.17, 15) is 14.4 Å². The molecule has 1 atom stereocenters. The van der Waals surface area contributed by atoms with Gasteiger partial charge in [-0.05, 0) is 47.7 Å². The summed E-state index contributed by atoms with van der Waals surface area (Å²) in [7, 11) is 0. The van der Waals surface area contributed by atoms with Crippen LogP contribution in [-0.4, -0.2) is 41.8 Å². The molecule has 1 aromatic carbocycles. The number of hydrogen-bond donors (Lipinski definition) is 2. The van der Waals surface area contributed by atoms with E-state index in [1.165, 1.54) is 22.7 Å². The van der Waals surface area contributed by atoms with Crippen LogP contribution < -0.4 is 10.6 Å². The van der Waals surface area contributed by atoms with Crippen LogP contribution in [0.1, 0.15) is 51.8 Å². The molecule has 2 heterocycles. The lowest BCUT2D eigenvalue weighted by atomic mass is 10.1. The lowest BCUT2D eigenvalue weighted by molar-refractivity contribution is -0.140. The van der Waals surface area contributed by atoms with Crippen molar-refractivity contribution in [1.29, 1.82) is 0 Å². The molecule has 4 rings (SSSR count). The average Bonchev–Trinajstić information content (AvgIpc) is 3.64. The molecule has 0 unspecified atom stereocenters. The second kappa shape index (κ2) is 11.9. The number of carbonyl (C=O) groups excluding carboxylic acids is 3. The zero-order valence-electron chi connectivity index (χ0n) is 18.9. The maximum absolute atomic E-state index is 13.5. The van der Waals surface area contributed by atoms with E-state index in [4.69, 9.17) is 0 Å². The molecule has 0 radical (unpaired) electrons. The third kappa shape index (κ3) is 6.33. The minimum atomic E-state index is -0.726. The quantitative estimate of drug-likeness (QED) is 0.437. The molecule has 1 aliphatic rings. The Morgan fingerprint density at radius 3 is 2.35 bits per heavy atom. The fraction of sp³-hybridized carbons (Fsp3) is 0.346. The highest BCUT2D eigenvalue weighted by molar-refractivity contribution is 7.12. The van der Waals surface area contributed by atoms with Crippen LogP contribution in [0.25, 0.3) is 0 Å². The summed E-state index contributed by atoms with van der Waals surface area (Å²) in [5.41, 5.74) is 1.09. The predicted molar refractivity (Wildman–Crippen MR) is 136 cm³/mol. The molecule has 3 aromatic rings. The van der Waals surface area contributed by atoms with Crippen molar-refractivity contribution >= 4 is 40.4 Å². The summed E-state index contributed by atoms with van der Waals surface area (Å²) < 4.78 is 0. The van der Waals surface area contributed by atoms with Crippen molar-refractivity contribution in [3.8, 4) is 0 Å². The highest BCUT2D eigenvalue weighted by Gasteiger charge is 2.33. The van der Waals surface area contributed by atoms with Gasteiger partial charge in [-0.3, -0.25) is 14.4 Å². The molecule has 0 spiro atoms. The number of carbonyl (C=O) groups is 3. The molecule has 1 aliphatic carbocycles. The summed E-state index contributed by atoms with van der Waals surface area (Å²) in [4.78, 5) is 42.4. The smallest absolute Gasteiger partial charge is 0.261 e. The minimum Gasteiger partial charge on any atom is -0.351 e. The largest absolute Gasteiger partial charge is 0.351 e. The molecule has 2 N–H and O–H groups in total. The van der Waals surface area contributed by atoms with E-state index in [1.54, 1.807) is 17.0 Å². The van der Waals surface area contributed by atoms with Crippen molar-refractivity contribution < 1.29 is 14.4 Å². The fourth-order valence-electron chi connectivity index (χ4n) is 4.27. The van der Waals surface area contributed by atoms with Gasteiger partial charge in [-0.25, -0.2) is 0 Å². The Bertz CT molecular complexity index is 1060. The molecular formula is C26H29N3O3S2. The van der Waals surface area contributed by atoms with E-state index in [-0.39, 0.29) is 30.3 Å². The molecule has 0 aliphatic heterocycles. The Hall–Kier alpha value is -2.97. The molecule has 3 amide bonds. The van der Waals surface area contributed by atoms with E-state index in [1.807, 2.05) is 53.2 Å². The predicted octanol–water partition coefficient (Wildman–Crippen LogP) is 4.41. The highest BCUT2D eigenvalue weighted by Crippen LogP contribution is 2.28. The lowest BCUT2D eigenvalue weighted by Crippen LogP contribution is -2.49. The molecule has 6 nitrogen and oxygen atoms in total. The Morgan fingerprint density at radius 2 is 1.68 bits per heavy atom. The fourth-order valence-corrected chi connectivity index (χ4v) is 5.74. The summed E-state index contributed by atoms with van der Waals surface area (Å²) in [5, 5.41) is 9.65. The first kappa shape index (κ1) is 24.2. The number of nitrogens with zero attached hydrogens (tertiary/aromatic N) is 1. The summed E-state index contributed by atoms with van der Waals surface area (Å²) in [6.07, 6.45) is 4.78. The Labute approximate surface area is 208 Å². The van der Waals surface area contributed by atoms with E-state index in [0.717, 1.165) is 36.1 Å². The Morgan fingerprint density at radius 1 is 0.941 bits per heavy atom. The van der Waals surface area contributed by atoms with E-state index < -0.39 is 6.04 Å². The van der Waals surface area contributed by atoms with Gasteiger partial charge in [0, 0.05) is 17.5 Å². The van der Waals surface area contributed by atoms with Crippen molar-refractivity contribution in [3.63, 3.8) is 0 Å². The van der Waals surface area contributed by atoms with Crippen LogP contribution in [0, 0.1) is 0 Å². The number of benzene rings is 1.